The van der Waals surface area contributed by atoms with Crippen LogP contribution in [0.2, 0.25) is 0 Å². The highest BCUT2D eigenvalue weighted by Gasteiger charge is 2.13. The van der Waals surface area contributed by atoms with E-state index in [9.17, 15) is 4.79 Å². The molecule has 0 atom stereocenters. The predicted molar refractivity (Wildman–Crippen MR) is 127 cm³/mol. The van der Waals surface area contributed by atoms with E-state index in [0.29, 0.717) is 46.6 Å². The van der Waals surface area contributed by atoms with Crippen LogP contribution >= 0.6 is 11.6 Å². The quantitative estimate of drug-likeness (QED) is 0.276. The zero-order valence-electron chi connectivity index (χ0n) is 17.8. The van der Waals surface area contributed by atoms with Gasteiger partial charge in [-0.1, -0.05) is 18.2 Å². The summed E-state index contributed by atoms with van der Waals surface area (Å²) in [6.45, 7) is 0.478. The Morgan fingerprint density at radius 3 is 2.55 bits per heavy atom. The van der Waals surface area contributed by atoms with Crippen LogP contribution in [0.5, 0.6) is 11.5 Å². The Morgan fingerprint density at radius 2 is 1.82 bits per heavy atom. The van der Waals surface area contributed by atoms with Gasteiger partial charge in [-0.3, -0.25) is 10.1 Å². The molecule has 0 saturated heterocycles. The number of hydrogen-bond donors (Lipinski definition) is 2. The maximum absolute atomic E-state index is 12.3. The summed E-state index contributed by atoms with van der Waals surface area (Å²) in [4.78, 5) is 29.3. The molecule has 2 aromatic carbocycles. The first kappa shape index (κ1) is 22.2. The summed E-state index contributed by atoms with van der Waals surface area (Å²) in [5.41, 5.74) is 1.80. The second-order valence-electron chi connectivity index (χ2n) is 6.87. The number of carbonyl (C=O) groups is 1. The molecule has 9 nitrogen and oxygen atoms in total. The second kappa shape index (κ2) is 10.6. The van der Waals surface area contributed by atoms with Gasteiger partial charge in [-0.25, -0.2) is 19.9 Å². The van der Waals surface area contributed by atoms with E-state index >= 15 is 0 Å². The molecule has 2 heterocycles. The molecule has 4 rings (SSSR count). The Morgan fingerprint density at radius 1 is 1.03 bits per heavy atom. The van der Waals surface area contributed by atoms with Gasteiger partial charge < -0.3 is 14.8 Å². The maximum Gasteiger partial charge on any atom is 0.258 e. The molecule has 168 valence electrons. The highest BCUT2D eigenvalue weighted by Crippen LogP contribution is 2.34. The van der Waals surface area contributed by atoms with Gasteiger partial charge in [0.15, 0.2) is 11.5 Å². The SMILES string of the molecule is COc1cc2c(Nc3cnc(NC(=O)c4ccccc4)nc3)ncnc2cc1OCCCCl. The lowest BCUT2D eigenvalue weighted by atomic mass is 10.2. The number of amides is 1. The van der Waals surface area contributed by atoms with Crippen LogP contribution < -0.4 is 20.1 Å². The lowest BCUT2D eigenvalue weighted by Gasteiger charge is -2.13. The number of nitrogens with zero attached hydrogens (tertiary/aromatic N) is 4. The number of ether oxygens (including phenoxy) is 2. The van der Waals surface area contributed by atoms with E-state index in [0.717, 1.165) is 11.8 Å². The van der Waals surface area contributed by atoms with Crippen LogP contribution in [-0.2, 0) is 0 Å². The third-order valence-electron chi connectivity index (χ3n) is 4.63. The normalized spacial score (nSPS) is 10.6. The minimum absolute atomic E-state index is 0.197. The fourth-order valence-corrected chi connectivity index (χ4v) is 3.14. The minimum atomic E-state index is -0.283. The van der Waals surface area contributed by atoms with Crippen molar-refractivity contribution in [2.24, 2.45) is 0 Å². The first-order valence-electron chi connectivity index (χ1n) is 10.1. The van der Waals surface area contributed by atoms with Crippen LogP contribution in [0.25, 0.3) is 10.9 Å². The Hall–Kier alpha value is -3.98. The van der Waals surface area contributed by atoms with Crippen molar-refractivity contribution >= 4 is 45.9 Å². The van der Waals surface area contributed by atoms with Crippen LogP contribution in [0, 0.1) is 0 Å². The first-order valence-corrected chi connectivity index (χ1v) is 10.7. The van der Waals surface area contributed by atoms with Crippen LogP contribution in [0.4, 0.5) is 17.5 Å². The minimum Gasteiger partial charge on any atom is -0.493 e. The summed E-state index contributed by atoms with van der Waals surface area (Å²) >= 11 is 5.73. The lowest BCUT2D eigenvalue weighted by molar-refractivity contribution is 0.102. The molecule has 33 heavy (non-hydrogen) atoms. The predicted octanol–water partition coefficient (Wildman–Crippen LogP) is 4.43. The molecule has 2 N–H and O–H groups in total. The summed E-state index contributed by atoms with van der Waals surface area (Å²) in [6, 6.07) is 12.5. The summed E-state index contributed by atoms with van der Waals surface area (Å²) in [7, 11) is 1.57. The van der Waals surface area contributed by atoms with Gasteiger partial charge in [0, 0.05) is 22.9 Å². The summed E-state index contributed by atoms with van der Waals surface area (Å²) in [5.74, 6) is 2.13. The summed E-state index contributed by atoms with van der Waals surface area (Å²) in [5, 5.41) is 6.58. The number of methoxy groups -OCH3 is 1. The number of fused-ring (bicyclic) bond motifs is 1. The lowest BCUT2D eigenvalue weighted by Crippen LogP contribution is -2.14. The van der Waals surface area contributed by atoms with Crippen molar-refractivity contribution in [2.45, 2.75) is 6.42 Å². The van der Waals surface area contributed by atoms with Gasteiger partial charge in [0.1, 0.15) is 12.1 Å². The van der Waals surface area contributed by atoms with Gasteiger partial charge in [-0.2, -0.15) is 0 Å². The number of rotatable bonds is 9. The molecule has 10 heteroatoms. The van der Waals surface area contributed by atoms with Gasteiger partial charge in [-0.15, -0.1) is 11.6 Å². The monoisotopic (exact) mass is 464 g/mol. The molecule has 0 radical (unpaired) electrons. The third kappa shape index (κ3) is 5.45. The topological polar surface area (TPSA) is 111 Å². The zero-order valence-corrected chi connectivity index (χ0v) is 18.5. The van der Waals surface area contributed by atoms with Gasteiger partial charge in [-0.05, 0) is 24.6 Å². The fourth-order valence-electron chi connectivity index (χ4n) is 3.03. The first-order chi connectivity index (χ1) is 16.2. The molecule has 1 amide bonds. The average Bonchev–Trinajstić information content (AvgIpc) is 2.85. The molecule has 2 aromatic heterocycles. The van der Waals surface area contributed by atoms with Crippen LogP contribution in [0.3, 0.4) is 0 Å². The molecule has 0 spiro atoms. The van der Waals surface area contributed by atoms with Crippen molar-refractivity contribution in [2.75, 3.05) is 30.2 Å². The molecule has 0 unspecified atom stereocenters. The zero-order chi connectivity index (χ0) is 23.0. The number of hydrogen-bond acceptors (Lipinski definition) is 8. The van der Waals surface area contributed by atoms with E-state index in [1.165, 1.54) is 6.33 Å². The van der Waals surface area contributed by atoms with Crippen molar-refractivity contribution in [3.8, 4) is 11.5 Å². The van der Waals surface area contributed by atoms with Gasteiger partial charge in [0.05, 0.1) is 37.3 Å². The average molecular weight is 465 g/mol. The van der Waals surface area contributed by atoms with Crippen molar-refractivity contribution in [1.82, 2.24) is 19.9 Å². The third-order valence-corrected chi connectivity index (χ3v) is 4.90. The summed E-state index contributed by atoms with van der Waals surface area (Å²) in [6.07, 6.45) is 5.29. The van der Waals surface area contributed by atoms with Crippen LogP contribution in [0.1, 0.15) is 16.8 Å². The smallest absolute Gasteiger partial charge is 0.258 e. The summed E-state index contributed by atoms with van der Waals surface area (Å²) < 4.78 is 11.2. The van der Waals surface area contributed by atoms with Gasteiger partial charge in [0.2, 0.25) is 5.95 Å². The van der Waals surface area contributed by atoms with E-state index in [2.05, 4.69) is 30.6 Å². The molecular weight excluding hydrogens is 444 g/mol. The highest BCUT2D eigenvalue weighted by molar-refractivity contribution is 6.17. The molecule has 0 fully saturated rings. The molecular formula is C23H21ClN6O3. The molecule has 0 bridgehead atoms. The van der Waals surface area contributed by atoms with Crippen LogP contribution in [0.15, 0.2) is 61.2 Å². The van der Waals surface area contributed by atoms with E-state index in [1.807, 2.05) is 12.1 Å². The number of aromatic nitrogens is 4. The Labute approximate surface area is 195 Å². The molecule has 0 saturated carbocycles. The van der Waals surface area contributed by atoms with Gasteiger partial charge in [0.25, 0.3) is 5.91 Å². The Kier molecular flexibility index (Phi) is 7.11. The van der Waals surface area contributed by atoms with Gasteiger partial charge >= 0.3 is 0 Å². The van der Waals surface area contributed by atoms with Crippen molar-refractivity contribution in [3.63, 3.8) is 0 Å². The Balaban J connectivity index is 1.51. The molecule has 0 aliphatic heterocycles. The largest absolute Gasteiger partial charge is 0.493 e. The number of carbonyl (C=O) groups excluding carboxylic acids is 1. The van der Waals surface area contributed by atoms with Crippen molar-refractivity contribution in [3.05, 3.63) is 66.7 Å². The van der Waals surface area contributed by atoms with Crippen molar-refractivity contribution in [1.29, 1.82) is 0 Å². The van der Waals surface area contributed by atoms with E-state index in [4.69, 9.17) is 21.1 Å². The Bertz CT molecular complexity index is 1240. The van der Waals surface area contributed by atoms with Crippen molar-refractivity contribution < 1.29 is 14.3 Å². The number of halogens is 1. The number of benzene rings is 2. The van der Waals surface area contributed by atoms with E-state index < -0.39 is 0 Å². The van der Waals surface area contributed by atoms with E-state index in [-0.39, 0.29) is 11.9 Å². The number of alkyl halides is 1. The fraction of sp³-hybridized carbons (Fsp3) is 0.174. The molecule has 0 aliphatic rings. The maximum atomic E-state index is 12.3. The second-order valence-corrected chi connectivity index (χ2v) is 7.25. The highest BCUT2D eigenvalue weighted by atomic mass is 35.5. The van der Waals surface area contributed by atoms with E-state index in [1.54, 1.807) is 49.8 Å². The molecule has 4 aromatic rings. The standard InChI is InChI=1S/C23H21ClN6O3/c1-32-19-10-17-18(11-20(19)33-9-5-8-24)27-14-28-21(17)29-16-12-25-23(26-13-16)30-22(31)15-6-3-2-4-7-15/h2-4,6-7,10-14H,5,8-9H2,1H3,(H,27,28,29)(H,25,26,30,31). The number of anilines is 3. The van der Waals surface area contributed by atoms with Crippen LogP contribution in [-0.4, -0.2) is 45.4 Å². The number of nitrogens with one attached hydrogen (secondary N) is 2. The molecule has 0 aliphatic carbocycles.